The van der Waals surface area contributed by atoms with Crippen molar-refractivity contribution in [3.8, 4) is 6.07 Å². The predicted molar refractivity (Wildman–Crippen MR) is 594 cm³/mol. The van der Waals surface area contributed by atoms with E-state index in [1.807, 2.05) is 200 Å². The van der Waals surface area contributed by atoms with Crippen LogP contribution in [0.3, 0.4) is 0 Å². The number of amidine groups is 6. The van der Waals surface area contributed by atoms with E-state index < -0.39 is 0 Å². The fourth-order valence-corrected chi connectivity index (χ4v) is 19.6. The summed E-state index contributed by atoms with van der Waals surface area (Å²) in [6.07, 6.45) is 27.4. The highest BCUT2D eigenvalue weighted by molar-refractivity contribution is 8.14. The fourth-order valence-electron chi connectivity index (χ4n) is 15.6. The molecule has 0 heterocycles. The Labute approximate surface area is 868 Å². The number of nitrogens with zero attached hydrogens (tertiary/aromatic N) is 1. The minimum atomic E-state index is 0.0805. The molecule has 0 aliphatic heterocycles. The normalized spacial score (nSPS) is 11.8. The van der Waals surface area contributed by atoms with Gasteiger partial charge >= 0.3 is 0 Å². The summed E-state index contributed by atoms with van der Waals surface area (Å²) < 4.78 is 0. The largest absolute Gasteiger partial charge is 0.379 e. The summed E-state index contributed by atoms with van der Waals surface area (Å²) >= 11 is 25.5. The van der Waals surface area contributed by atoms with Gasteiger partial charge in [0.15, 0.2) is 31.0 Å². The molecule has 18 N–H and O–H groups in total. The summed E-state index contributed by atoms with van der Waals surface area (Å²) in [5.41, 5.74) is 50.4. The third kappa shape index (κ3) is 51.3. The van der Waals surface area contributed by atoms with Crippen LogP contribution in [-0.4, -0.2) is 65.7 Å². The van der Waals surface area contributed by atoms with Crippen LogP contribution in [0.2, 0.25) is 15.1 Å². The highest BCUT2D eigenvalue weighted by atomic mass is 35.5. The molecule has 28 heteroatoms. The number of aryl methyl sites for hydroxylation is 4. The number of thioether (sulfide) groups is 6. The van der Waals surface area contributed by atoms with Gasteiger partial charge in [-0.3, -0.25) is 61.2 Å². The molecule has 2 aliphatic carbocycles. The Morgan fingerprint density at radius 1 is 0.279 bits per heavy atom. The highest BCUT2D eigenvalue weighted by Crippen LogP contribution is 2.35. The molecule has 2 fully saturated rings. The number of unbranched alkanes of at least 4 members (excludes halogenated alkanes) is 2. The van der Waals surface area contributed by atoms with E-state index in [0.717, 1.165) is 159 Å². The summed E-state index contributed by atoms with van der Waals surface area (Å²) in [6, 6.07) is 80.6. The van der Waals surface area contributed by atoms with Gasteiger partial charge in [-0.05, 0) is 201 Å². The molecule has 740 valence electrons. The van der Waals surface area contributed by atoms with Gasteiger partial charge in [-0.25, -0.2) is 0 Å². The average Bonchev–Trinajstić information content (AvgIpc) is 1.18. The van der Waals surface area contributed by atoms with Crippen molar-refractivity contribution in [1.82, 2.24) is 0 Å². The van der Waals surface area contributed by atoms with Gasteiger partial charge in [-0.1, -0.05) is 369 Å². The Morgan fingerprint density at radius 2 is 0.564 bits per heavy atom. The van der Waals surface area contributed by atoms with E-state index in [1.165, 1.54) is 133 Å². The number of rotatable bonds is 48. The molecule has 10 aromatic carbocycles. The number of carbonyl (C=O) groups is 6. The molecule has 0 aromatic heterocycles. The summed E-state index contributed by atoms with van der Waals surface area (Å²) in [4.78, 5) is 73.3. The number of carbonyl (C=O) groups excluding carboxylic acids is 6. The van der Waals surface area contributed by atoms with Gasteiger partial charge in [0.2, 0.25) is 0 Å². The molecule has 0 unspecified atom stereocenters. The van der Waals surface area contributed by atoms with E-state index in [2.05, 4.69) is 30.3 Å². The Hall–Kier alpha value is -10.5. The van der Waals surface area contributed by atoms with Crippen LogP contribution in [0.15, 0.2) is 243 Å². The second kappa shape index (κ2) is 67.8. The van der Waals surface area contributed by atoms with E-state index >= 15 is 0 Å². The van der Waals surface area contributed by atoms with Crippen molar-refractivity contribution < 1.29 is 28.8 Å². The molecule has 0 amide bonds. The van der Waals surface area contributed by atoms with E-state index in [-0.39, 0.29) is 48.4 Å². The third-order valence-corrected chi connectivity index (χ3v) is 29.0. The molecular formula is C112H134Cl3N13O6S6. The molecular weight excluding hydrogens is 1920 g/mol. The second-order valence-corrected chi connectivity index (χ2v) is 42.0. The Balaban J connectivity index is 0.000000229. The number of hydrogen-bond donors (Lipinski definition) is 12. The summed E-state index contributed by atoms with van der Waals surface area (Å²) in [5, 5.41) is 55.0. The van der Waals surface area contributed by atoms with Crippen LogP contribution < -0.4 is 34.4 Å². The van der Waals surface area contributed by atoms with Gasteiger partial charge in [0.05, 0.1) is 21.7 Å². The van der Waals surface area contributed by atoms with E-state index in [4.69, 9.17) is 107 Å². The molecule has 2 aliphatic rings. The second-order valence-electron chi connectivity index (χ2n) is 34.6. The van der Waals surface area contributed by atoms with Gasteiger partial charge < -0.3 is 34.4 Å². The van der Waals surface area contributed by atoms with E-state index in [9.17, 15) is 28.8 Å². The lowest BCUT2D eigenvalue weighted by molar-refractivity contribution is -0.119. The van der Waals surface area contributed by atoms with E-state index in [1.54, 1.807) is 18.2 Å². The van der Waals surface area contributed by atoms with Gasteiger partial charge in [0, 0.05) is 117 Å². The summed E-state index contributed by atoms with van der Waals surface area (Å²) in [6.45, 7) is 0. The van der Waals surface area contributed by atoms with Crippen molar-refractivity contribution >= 4 is 171 Å². The zero-order valence-corrected chi connectivity index (χ0v) is 87.0. The molecule has 2 saturated carbocycles. The van der Waals surface area contributed by atoms with Gasteiger partial charge in [0.25, 0.3) is 0 Å². The van der Waals surface area contributed by atoms with Crippen molar-refractivity contribution in [2.45, 2.75) is 234 Å². The Kier molecular flexibility index (Phi) is 56.4. The number of hydrogen-bond acceptors (Lipinski definition) is 19. The number of nitrogens with two attached hydrogens (primary N) is 6. The number of Topliss-reactive ketones (excluding diaryl/α,β-unsaturated/α-hetero) is 6. The average molecular weight is 2060 g/mol. The lowest BCUT2D eigenvalue weighted by Crippen LogP contribution is -2.09. The standard InChI is InChI=1S/C21H26N2OS.C19H20Cl2N2OS.C19H21ClN2OS.C19H19N3OS.C19H28N2OS.C15H20N2OS/c22-21(23)25-16-19-13-8-7-12-18(19)15-20(24)14-6-2-5-11-17-9-3-1-4-10-17;20-17-9-8-13(10-18(17)21)4-3-7-16(24)11-14-5-1-2-6-15(14)12-25-19(22)23;20-17-10-8-14(9-11-17)4-3-7-18(23)12-15-5-1-2-6-16(15)13-24-19(21)22;20-12-15-7-5-14(6-8-15)9-10-18(23)11-16-3-1-2-4-17(16)13-24-19(21)22;20-19(21)23-14-17-11-5-4-10-16(17)13-18(22)12-6-9-15-7-2-1-3-8-15;16-15(17)19-10-13-4-2-1-3-12(13)9-14(18)8-7-11-5-6-11/h1,3-4,7-10,12-13H,2,5-6,11,14-16H2,(H3,22,23);1-2,5-6,8-10H,3-4,7,11-12H2,(H3,22,23);1-2,5-6,8-11H,3-4,7,12-13H2,(H3,21,22);1-8H,9-11,13H2,(H3,21,22);4-5,10-11,15H,1-3,6-9,12-14H2,(H3,20,21);1-4,11H,5-10H2,(H3,16,17). The van der Waals surface area contributed by atoms with Crippen molar-refractivity contribution in [1.29, 1.82) is 37.7 Å². The molecule has 0 bridgehead atoms. The summed E-state index contributed by atoms with van der Waals surface area (Å²) in [7, 11) is 0. The zero-order valence-electron chi connectivity index (χ0n) is 79.9. The fraction of sp³-hybridized carbons (Fsp3) is 0.348. The monoisotopic (exact) mass is 2050 g/mol. The number of ketones is 6. The van der Waals surface area contributed by atoms with Crippen LogP contribution in [0, 0.1) is 55.6 Å². The maximum atomic E-state index is 12.3. The zero-order chi connectivity index (χ0) is 101. The minimum absolute atomic E-state index is 0.0805. The first-order valence-corrected chi connectivity index (χ1v) is 54.6. The first-order valence-electron chi connectivity index (χ1n) is 47.6. The topological polar surface area (TPSA) is 425 Å². The molecule has 10 aromatic rings. The molecule has 0 saturated heterocycles. The van der Waals surface area contributed by atoms with Crippen molar-refractivity contribution in [3.63, 3.8) is 0 Å². The van der Waals surface area contributed by atoms with Crippen molar-refractivity contribution in [2.24, 2.45) is 46.2 Å². The van der Waals surface area contributed by atoms with Crippen LogP contribution in [0.4, 0.5) is 0 Å². The first-order chi connectivity index (χ1) is 67.5. The van der Waals surface area contributed by atoms with Crippen LogP contribution in [0.25, 0.3) is 0 Å². The minimum Gasteiger partial charge on any atom is -0.379 e. The van der Waals surface area contributed by atoms with Crippen molar-refractivity contribution in [2.75, 3.05) is 0 Å². The van der Waals surface area contributed by atoms with Gasteiger partial charge in [0.1, 0.15) is 34.7 Å². The lowest BCUT2D eigenvalue weighted by Gasteiger charge is -2.21. The molecule has 19 nitrogen and oxygen atoms in total. The number of halogens is 3. The Bertz CT molecular complexity index is 5680. The smallest absolute Gasteiger partial charge is 0.151 e. The van der Waals surface area contributed by atoms with Crippen LogP contribution >= 0.6 is 105 Å². The maximum absolute atomic E-state index is 12.3. The number of nitriles is 1. The van der Waals surface area contributed by atoms with Crippen LogP contribution in [-0.2, 0) is 127 Å². The Morgan fingerprint density at radius 3 is 0.914 bits per heavy atom. The van der Waals surface area contributed by atoms with Crippen LogP contribution in [0.5, 0.6) is 0 Å². The van der Waals surface area contributed by atoms with Crippen LogP contribution in [0.1, 0.15) is 229 Å². The quantitative estimate of drug-likeness (QED) is 0.00957. The number of nitrogens with one attached hydrogen (secondary N) is 6. The number of benzene rings is 10. The predicted octanol–water partition coefficient (Wildman–Crippen LogP) is 25.8. The molecule has 12 rings (SSSR count). The SMILES string of the molecule is N#Cc1ccc(CCC(=O)Cc2ccccc2CSC(=N)N)cc1.N=C(N)SCc1ccccc1CC(=O)CCC1CC1.N=C(N)SCc1ccccc1CC(=O)CCCC1CCCCC1.N=C(N)SCc1ccccc1CC(=O)CCCCCc1ccccc1.N=C(N)SCc1ccccc1CC(=O)CCCc1ccc(Cl)c(Cl)c1.N=C(N)SCc1ccccc1CC(=O)CCCc1ccc(Cl)cc1. The first kappa shape index (κ1) is 116. The summed E-state index contributed by atoms with van der Waals surface area (Å²) in [5.74, 6) is 7.08. The highest BCUT2D eigenvalue weighted by Gasteiger charge is 2.23. The molecule has 0 atom stereocenters. The third-order valence-electron chi connectivity index (χ3n) is 23.4. The molecule has 140 heavy (non-hydrogen) atoms. The molecule has 0 radical (unpaired) electrons. The maximum Gasteiger partial charge on any atom is 0.151 e. The lowest BCUT2D eigenvalue weighted by atomic mass is 9.85. The van der Waals surface area contributed by atoms with Crippen molar-refractivity contribution in [3.05, 3.63) is 352 Å². The van der Waals surface area contributed by atoms with E-state index in [0.29, 0.717) is 151 Å². The van der Waals surface area contributed by atoms with Gasteiger partial charge in [-0.2, -0.15) is 5.26 Å². The molecule has 0 spiro atoms. The van der Waals surface area contributed by atoms with Gasteiger partial charge in [-0.15, -0.1) is 0 Å².